The standard InChI is InChI=1S/C7H12N4O2/c1-4(2)6(12)8-3-5-9-7(13)11-10-5/h4H,3H2,1-2H3,(H,8,12)(H2,9,10,11,13). The Kier molecular flexibility index (Phi) is 2.84. The summed E-state index contributed by atoms with van der Waals surface area (Å²) in [4.78, 5) is 24.1. The molecule has 0 atom stereocenters. The molecular weight excluding hydrogens is 172 g/mol. The van der Waals surface area contributed by atoms with E-state index >= 15 is 0 Å². The Morgan fingerprint density at radius 2 is 2.31 bits per heavy atom. The maximum atomic E-state index is 11.1. The zero-order chi connectivity index (χ0) is 9.84. The van der Waals surface area contributed by atoms with Gasteiger partial charge in [0.15, 0.2) is 0 Å². The average molecular weight is 184 g/mol. The predicted octanol–water partition coefficient (Wildman–Crippen LogP) is -0.630. The first-order valence-electron chi connectivity index (χ1n) is 4.01. The van der Waals surface area contributed by atoms with Gasteiger partial charge < -0.3 is 5.32 Å². The van der Waals surface area contributed by atoms with Crippen molar-refractivity contribution in [3.8, 4) is 0 Å². The normalized spacial score (nSPS) is 10.4. The first-order valence-corrected chi connectivity index (χ1v) is 4.01. The lowest BCUT2D eigenvalue weighted by molar-refractivity contribution is -0.124. The molecule has 1 aromatic heterocycles. The van der Waals surface area contributed by atoms with E-state index in [1.54, 1.807) is 13.8 Å². The molecule has 6 nitrogen and oxygen atoms in total. The van der Waals surface area contributed by atoms with Crippen molar-refractivity contribution in [3.63, 3.8) is 0 Å². The SMILES string of the molecule is CC(C)C(=O)NCc1n[nH]c(=O)[nH]1. The Balaban J connectivity index is 2.44. The second-order valence-electron chi connectivity index (χ2n) is 3.00. The van der Waals surface area contributed by atoms with Crippen molar-refractivity contribution in [2.24, 2.45) is 5.92 Å². The van der Waals surface area contributed by atoms with Gasteiger partial charge in [-0.15, -0.1) is 0 Å². The number of aromatic nitrogens is 3. The molecule has 0 unspecified atom stereocenters. The molecular formula is C7H12N4O2. The van der Waals surface area contributed by atoms with Crippen LogP contribution in [0.15, 0.2) is 4.79 Å². The van der Waals surface area contributed by atoms with Gasteiger partial charge in [0.25, 0.3) is 0 Å². The lowest BCUT2D eigenvalue weighted by atomic mass is 10.2. The number of carbonyl (C=O) groups excluding carboxylic acids is 1. The zero-order valence-corrected chi connectivity index (χ0v) is 7.55. The van der Waals surface area contributed by atoms with Crippen molar-refractivity contribution in [1.82, 2.24) is 20.5 Å². The monoisotopic (exact) mass is 184 g/mol. The van der Waals surface area contributed by atoms with Crippen molar-refractivity contribution in [1.29, 1.82) is 0 Å². The van der Waals surface area contributed by atoms with Crippen LogP contribution in [0, 0.1) is 5.92 Å². The average Bonchev–Trinajstić information content (AvgIpc) is 2.47. The summed E-state index contributed by atoms with van der Waals surface area (Å²) in [6, 6.07) is 0. The number of rotatable bonds is 3. The molecule has 0 aliphatic heterocycles. The minimum Gasteiger partial charge on any atom is -0.349 e. The van der Waals surface area contributed by atoms with E-state index in [1.165, 1.54) is 0 Å². The van der Waals surface area contributed by atoms with Gasteiger partial charge in [-0.2, -0.15) is 5.10 Å². The molecule has 13 heavy (non-hydrogen) atoms. The van der Waals surface area contributed by atoms with Crippen LogP contribution in [0.5, 0.6) is 0 Å². The van der Waals surface area contributed by atoms with Gasteiger partial charge in [0.2, 0.25) is 5.91 Å². The van der Waals surface area contributed by atoms with E-state index in [-0.39, 0.29) is 24.1 Å². The molecule has 0 radical (unpaired) electrons. The summed E-state index contributed by atoms with van der Waals surface area (Å²) in [5.41, 5.74) is -0.367. The van der Waals surface area contributed by atoms with E-state index in [0.717, 1.165) is 0 Å². The van der Waals surface area contributed by atoms with Gasteiger partial charge in [0, 0.05) is 5.92 Å². The number of carbonyl (C=O) groups is 1. The van der Waals surface area contributed by atoms with Gasteiger partial charge in [0.05, 0.1) is 6.54 Å². The van der Waals surface area contributed by atoms with Crippen LogP contribution in [-0.4, -0.2) is 21.1 Å². The van der Waals surface area contributed by atoms with E-state index in [9.17, 15) is 9.59 Å². The van der Waals surface area contributed by atoms with Gasteiger partial charge in [-0.05, 0) is 0 Å². The van der Waals surface area contributed by atoms with Crippen LogP contribution in [0.3, 0.4) is 0 Å². The van der Waals surface area contributed by atoms with Crippen LogP contribution in [0.1, 0.15) is 19.7 Å². The minimum atomic E-state index is -0.367. The highest BCUT2D eigenvalue weighted by Gasteiger charge is 2.06. The highest BCUT2D eigenvalue weighted by atomic mass is 16.2. The maximum Gasteiger partial charge on any atom is 0.340 e. The highest BCUT2D eigenvalue weighted by molar-refractivity contribution is 5.77. The summed E-state index contributed by atoms with van der Waals surface area (Å²) >= 11 is 0. The van der Waals surface area contributed by atoms with Crippen LogP contribution in [0.4, 0.5) is 0 Å². The van der Waals surface area contributed by atoms with Crippen LogP contribution in [-0.2, 0) is 11.3 Å². The number of hydrogen-bond acceptors (Lipinski definition) is 3. The fourth-order valence-electron chi connectivity index (χ4n) is 0.764. The van der Waals surface area contributed by atoms with Gasteiger partial charge in [0.1, 0.15) is 5.82 Å². The van der Waals surface area contributed by atoms with Crippen molar-refractivity contribution in [2.45, 2.75) is 20.4 Å². The second kappa shape index (κ2) is 3.88. The van der Waals surface area contributed by atoms with Gasteiger partial charge in [-0.25, -0.2) is 9.89 Å². The van der Waals surface area contributed by atoms with Gasteiger partial charge in [-0.3, -0.25) is 9.78 Å². The molecule has 0 saturated carbocycles. The molecule has 1 amide bonds. The summed E-state index contributed by atoms with van der Waals surface area (Å²) in [5, 5.41) is 8.47. The van der Waals surface area contributed by atoms with E-state index in [4.69, 9.17) is 0 Å². The minimum absolute atomic E-state index is 0.0642. The second-order valence-corrected chi connectivity index (χ2v) is 3.00. The third-order valence-electron chi connectivity index (χ3n) is 1.50. The first-order chi connectivity index (χ1) is 6.09. The molecule has 0 spiro atoms. The summed E-state index contributed by atoms with van der Waals surface area (Å²) in [6.07, 6.45) is 0. The molecule has 0 bridgehead atoms. The van der Waals surface area contributed by atoms with Crippen molar-refractivity contribution < 1.29 is 4.79 Å². The molecule has 3 N–H and O–H groups in total. The summed E-state index contributed by atoms with van der Waals surface area (Å²) in [7, 11) is 0. The molecule has 1 rings (SSSR count). The van der Waals surface area contributed by atoms with Crippen LogP contribution >= 0.6 is 0 Å². The molecule has 0 aliphatic rings. The van der Waals surface area contributed by atoms with E-state index < -0.39 is 0 Å². The highest BCUT2D eigenvalue weighted by Crippen LogP contribution is 1.91. The van der Waals surface area contributed by atoms with E-state index in [2.05, 4.69) is 20.5 Å². The number of H-pyrrole nitrogens is 2. The Hall–Kier alpha value is -1.59. The van der Waals surface area contributed by atoms with E-state index in [1.807, 2.05) is 0 Å². The number of nitrogens with zero attached hydrogens (tertiary/aromatic N) is 1. The smallest absolute Gasteiger partial charge is 0.340 e. The first kappa shape index (κ1) is 9.50. The third kappa shape index (κ3) is 2.73. The van der Waals surface area contributed by atoms with E-state index in [0.29, 0.717) is 5.82 Å². The molecule has 0 aliphatic carbocycles. The Bertz CT molecular complexity index is 338. The summed E-state index contributed by atoms with van der Waals surface area (Å²) in [6.45, 7) is 3.83. The summed E-state index contributed by atoms with van der Waals surface area (Å²) in [5.74, 6) is 0.300. The van der Waals surface area contributed by atoms with Crippen molar-refractivity contribution in [2.75, 3.05) is 0 Å². The quantitative estimate of drug-likeness (QED) is 0.584. The number of aromatic amines is 2. The van der Waals surface area contributed by atoms with Gasteiger partial charge >= 0.3 is 5.69 Å². The molecule has 0 fully saturated rings. The third-order valence-corrected chi connectivity index (χ3v) is 1.50. The molecule has 0 aromatic carbocycles. The number of nitrogens with one attached hydrogen (secondary N) is 3. The molecule has 72 valence electrons. The fraction of sp³-hybridized carbons (Fsp3) is 0.571. The fourth-order valence-corrected chi connectivity index (χ4v) is 0.764. The molecule has 1 aromatic rings. The number of amides is 1. The molecule has 1 heterocycles. The Morgan fingerprint density at radius 3 is 2.77 bits per heavy atom. The predicted molar refractivity (Wildman–Crippen MR) is 45.9 cm³/mol. The Labute approximate surface area is 74.7 Å². The van der Waals surface area contributed by atoms with Gasteiger partial charge in [-0.1, -0.05) is 13.8 Å². The molecule has 0 saturated heterocycles. The van der Waals surface area contributed by atoms with Crippen molar-refractivity contribution in [3.05, 3.63) is 16.3 Å². The molecule has 6 heteroatoms. The lowest BCUT2D eigenvalue weighted by Gasteiger charge is -2.04. The van der Waals surface area contributed by atoms with Crippen molar-refractivity contribution >= 4 is 5.91 Å². The Morgan fingerprint density at radius 1 is 1.62 bits per heavy atom. The zero-order valence-electron chi connectivity index (χ0n) is 7.55. The van der Waals surface area contributed by atoms with Crippen LogP contribution < -0.4 is 11.0 Å². The summed E-state index contributed by atoms with van der Waals surface area (Å²) < 4.78 is 0. The maximum absolute atomic E-state index is 11.1. The largest absolute Gasteiger partial charge is 0.349 e. The number of hydrogen-bond donors (Lipinski definition) is 3. The van der Waals surface area contributed by atoms with Crippen LogP contribution in [0.25, 0.3) is 0 Å². The topological polar surface area (TPSA) is 90.6 Å². The lowest BCUT2D eigenvalue weighted by Crippen LogP contribution is -2.27. The van der Waals surface area contributed by atoms with Crippen LogP contribution in [0.2, 0.25) is 0 Å².